The first-order valence-electron chi connectivity index (χ1n) is 5.92. The third-order valence-corrected chi connectivity index (χ3v) is 2.41. The molecule has 1 aromatic rings. The molecule has 1 N–H and O–H groups in total. The highest BCUT2D eigenvalue weighted by atomic mass is 32.1. The van der Waals surface area contributed by atoms with Crippen LogP contribution in [0.4, 0.5) is 8.78 Å². The number of ether oxygens (including phenoxy) is 1. The lowest BCUT2D eigenvalue weighted by Gasteiger charge is -2.08. The highest BCUT2D eigenvalue weighted by Crippen LogP contribution is 2.06. The molecule has 1 rings (SSSR count). The smallest absolute Gasteiger partial charge is 0.261 e. The molecule has 0 saturated heterocycles. The van der Waals surface area contributed by atoms with Gasteiger partial charge in [-0.25, -0.2) is 13.8 Å². The highest BCUT2D eigenvalue weighted by Gasteiger charge is 2.04. The molecular weight excluding hydrogens is 258 g/mol. The second-order valence-electron chi connectivity index (χ2n) is 4.51. The van der Waals surface area contributed by atoms with Crippen molar-refractivity contribution in [2.24, 2.45) is 5.92 Å². The zero-order valence-corrected chi connectivity index (χ0v) is 11.4. The maximum absolute atomic E-state index is 11.9. The summed E-state index contributed by atoms with van der Waals surface area (Å²) < 4.78 is 29.1. The Labute approximate surface area is 111 Å². The second-order valence-corrected chi connectivity index (χ2v) is 4.92. The SMILES string of the molecule is CC(C)Cc1cc(=S)nc(CCOCC(F)F)[nH]1. The quantitative estimate of drug-likeness (QED) is 0.614. The Morgan fingerprint density at radius 1 is 1.44 bits per heavy atom. The minimum atomic E-state index is -2.43. The molecule has 0 unspecified atom stereocenters. The Kier molecular flexibility index (Phi) is 6.35. The first-order chi connectivity index (χ1) is 8.47. The number of hydrogen-bond donors (Lipinski definition) is 1. The van der Waals surface area contributed by atoms with E-state index in [1.165, 1.54) is 0 Å². The van der Waals surface area contributed by atoms with Crippen molar-refractivity contribution in [1.29, 1.82) is 0 Å². The van der Waals surface area contributed by atoms with Crippen molar-refractivity contribution in [3.63, 3.8) is 0 Å². The van der Waals surface area contributed by atoms with Crippen LogP contribution in [0.3, 0.4) is 0 Å². The van der Waals surface area contributed by atoms with Crippen molar-refractivity contribution in [2.75, 3.05) is 13.2 Å². The Morgan fingerprint density at radius 3 is 2.78 bits per heavy atom. The fourth-order valence-electron chi connectivity index (χ4n) is 1.57. The largest absolute Gasteiger partial charge is 0.375 e. The maximum atomic E-state index is 11.9. The van der Waals surface area contributed by atoms with Gasteiger partial charge in [0.2, 0.25) is 0 Å². The first kappa shape index (κ1) is 15.2. The minimum Gasteiger partial charge on any atom is -0.375 e. The van der Waals surface area contributed by atoms with E-state index < -0.39 is 13.0 Å². The average molecular weight is 276 g/mol. The van der Waals surface area contributed by atoms with Gasteiger partial charge in [-0.2, -0.15) is 0 Å². The van der Waals surface area contributed by atoms with Crippen molar-refractivity contribution in [1.82, 2.24) is 9.97 Å². The summed E-state index contributed by atoms with van der Waals surface area (Å²) in [5.74, 6) is 1.20. The van der Waals surface area contributed by atoms with Crippen LogP contribution in [-0.4, -0.2) is 29.6 Å². The minimum absolute atomic E-state index is 0.216. The molecule has 18 heavy (non-hydrogen) atoms. The predicted molar refractivity (Wildman–Crippen MR) is 68.5 cm³/mol. The van der Waals surface area contributed by atoms with Gasteiger partial charge in [0.25, 0.3) is 6.43 Å². The molecule has 0 atom stereocenters. The number of halogens is 2. The van der Waals surface area contributed by atoms with Gasteiger partial charge in [-0.3, -0.25) is 0 Å². The number of aromatic nitrogens is 2. The molecule has 0 bridgehead atoms. The van der Waals surface area contributed by atoms with Gasteiger partial charge in [0, 0.05) is 12.1 Å². The van der Waals surface area contributed by atoms with Crippen LogP contribution in [0.25, 0.3) is 0 Å². The van der Waals surface area contributed by atoms with Crippen LogP contribution in [0, 0.1) is 10.6 Å². The van der Waals surface area contributed by atoms with E-state index in [0.717, 1.165) is 12.1 Å². The van der Waals surface area contributed by atoms with Crippen molar-refractivity contribution in [3.05, 3.63) is 22.2 Å². The number of aromatic amines is 1. The molecule has 0 aliphatic rings. The molecule has 0 saturated carbocycles. The summed E-state index contributed by atoms with van der Waals surface area (Å²) in [4.78, 5) is 7.31. The Hall–Kier alpha value is -0.880. The molecule has 0 aromatic carbocycles. The Bertz CT molecular complexity index is 421. The molecule has 0 radical (unpaired) electrons. The molecule has 0 aliphatic heterocycles. The summed E-state index contributed by atoms with van der Waals surface area (Å²) in [6, 6.07) is 1.83. The summed E-state index contributed by atoms with van der Waals surface area (Å²) >= 11 is 5.07. The topological polar surface area (TPSA) is 37.9 Å². The molecule has 0 aliphatic carbocycles. The van der Waals surface area contributed by atoms with E-state index in [-0.39, 0.29) is 6.61 Å². The second kappa shape index (κ2) is 7.53. The molecular formula is C12H18F2N2OS. The summed E-state index contributed by atoms with van der Waals surface area (Å²) in [7, 11) is 0. The number of hydrogen-bond acceptors (Lipinski definition) is 3. The molecule has 3 nitrogen and oxygen atoms in total. The van der Waals surface area contributed by atoms with Crippen LogP contribution in [0.5, 0.6) is 0 Å². The van der Waals surface area contributed by atoms with Crippen molar-refractivity contribution >= 4 is 12.2 Å². The number of alkyl halides is 2. The summed E-state index contributed by atoms with van der Waals surface area (Å²) in [6.07, 6.45) is -1.08. The van der Waals surface area contributed by atoms with Gasteiger partial charge < -0.3 is 9.72 Å². The first-order valence-corrected chi connectivity index (χ1v) is 6.33. The number of nitrogens with zero attached hydrogens (tertiary/aromatic N) is 1. The maximum Gasteiger partial charge on any atom is 0.261 e. The highest BCUT2D eigenvalue weighted by molar-refractivity contribution is 7.71. The van der Waals surface area contributed by atoms with Gasteiger partial charge in [-0.1, -0.05) is 26.1 Å². The molecule has 6 heteroatoms. The monoisotopic (exact) mass is 276 g/mol. The summed E-state index contributed by atoms with van der Waals surface area (Å²) in [5, 5.41) is 0. The predicted octanol–water partition coefficient (Wildman–Crippen LogP) is 3.16. The van der Waals surface area contributed by atoms with Crippen LogP contribution >= 0.6 is 12.2 Å². The number of nitrogens with one attached hydrogen (secondary N) is 1. The van der Waals surface area contributed by atoms with Gasteiger partial charge in [0.1, 0.15) is 17.1 Å². The van der Waals surface area contributed by atoms with E-state index in [4.69, 9.17) is 17.0 Å². The zero-order chi connectivity index (χ0) is 13.5. The third-order valence-electron chi connectivity index (χ3n) is 2.20. The molecule has 1 aromatic heterocycles. The van der Waals surface area contributed by atoms with Gasteiger partial charge in [-0.15, -0.1) is 0 Å². The summed E-state index contributed by atoms with van der Waals surface area (Å²) in [5.41, 5.74) is 1.02. The normalized spacial score (nSPS) is 11.4. The van der Waals surface area contributed by atoms with E-state index in [1.54, 1.807) is 0 Å². The van der Waals surface area contributed by atoms with E-state index in [2.05, 4.69) is 23.8 Å². The van der Waals surface area contributed by atoms with Crippen LogP contribution in [-0.2, 0) is 17.6 Å². The van der Waals surface area contributed by atoms with Gasteiger partial charge >= 0.3 is 0 Å². The van der Waals surface area contributed by atoms with Crippen LogP contribution < -0.4 is 0 Å². The lowest BCUT2D eigenvalue weighted by atomic mass is 10.1. The van der Waals surface area contributed by atoms with Gasteiger partial charge in [0.15, 0.2) is 0 Å². The number of rotatable bonds is 7. The zero-order valence-electron chi connectivity index (χ0n) is 10.6. The molecule has 1 heterocycles. The average Bonchev–Trinajstić information content (AvgIpc) is 2.22. The van der Waals surface area contributed by atoms with E-state index in [0.29, 0.717) is 22.8 Å². The fourth-order valence-corrected chi connectivity index (χ4v) is 1.83. The molecule has 102 valence electrons. The van der Waals surface area contributed by atoms with Crippen LogP contribution in [0.2, 0.25) is 0 Å². The van der Waals surface area contributed by atoms with Gasteiger partial charge in [-0.05, 0) is 18.4 Å². The third kappa shape index (κ3) is 6.16. The lowest BCUT2D eigenvalue weighted by Crippen LogP contribution is -2.10. The standard InChI is InChI=1S/C12H18F2N2OS/c1-8(2)5-9-6-12(18)16-11(15-9)3-4-17-7-10(13)14/h6,8,10H,3-5,7H2,1-2H3,(H,15,16,18). The van der Waals surface area contributed by atoms with Crippen LogP contribution in [0.15, 0.2) is 6.07 Å². The Morgan fingerprint density at radius 2 is 2.17 bits per heavy atom. The van der Waals surface area contributed by atoms with E-state index in [9.17, 15) is 8.78 Å². The van der Waals surface area contributed by atoms with Gasteiger partial charge in [0.05, 0.1) is 6.61 Å². The fraction of sp³-hybridized carbons (Fsp3) is 0.667. The van der Waals surface area contributed by atoms with Crippen molar-refractivity contribution < 1.29 is 13.5 Å². The van der Waals surface area contributed by atoms with E-state index >= 15 is 0 Å². The molecule has 0 spiro atoms. The van der Waals surface area contributed by atoms with E-state index in [1.807, 2.05) is 6.07 Å². The molecule has 0 amide bonds. The molecule has 0 fully saturated rings. The Balaban J connectivity index is 2.54. The number of H-pyrrole nitrogens is 1. The van der Waals surface area contributed by atoms with Crippen molar-refractivity contribution in [2.45, 2.75) is 33.1 Å². The summed E-state index contributed by atoms with van der Waals surface area (Å²) in [6.45, 7) is 3.91. The van der Waals surface area contributed by atoms with Crippen LogP contribution in [0.1, 0.15) is 25.4 Å². The van der Waals surface area contributed by atoms with Crippen molar-refractivity contribution in [3.8, 4) is 0 Å². The lowest BCUT2D eigenvalue weighted by molar-refractivity contribution is 0.0182.